The van der Waals surface area contributed by atoms with Gasteiger partial charge in [0.05, 0.1) is 18.6 Å². The standard InChI is InChI=1S/C13H11ClN2O4S/c1-20-10-3-2-7(4-8(10)14)15-11(17)5-12-16-9(6-21-12)13(18)19/h2-4,6H,5H2,1H3,(H,15,17)(H,18,19). The molecule has 0 unspecified atom stereocenters. The molecule has 8 heteroatoms. The Morgan fingerprint density at radius 2 is 2.24 bits per heavy atom. The molecule has 110 valence electrons. The van der Waals surface area contributed by atoms with Crippen LogP contribution in [-0.4, -0.2) is 29.1 Å². The average molecular weight is 327 g/mol. The Balaban J connectivity index is 2.01. The minimum atomic E-state index is -1.11. The first-order chi connectivity index (χ1) is 9.99. The molecule has 1 aromatic heterocycles. The molecule has 0 aliphatic rings. The number of ether oxygens (including phenoxy) is 1. The van der Waals surface area contributed by atoms with Gasteiger partial charge in [0, 0.05) is 11.1 Å². The van der Waals surface area contributed by atoms with Gasteiger partial charge in [-0.05, 0) is 18.2 Å². The van der Waals surface area contributed by atoms with Crippen molar-refractivity contribution in [2.24, 2.45) is 0 Å². The molecule has 0 spiro atoms. The van der Waals surface area contributed by atoms with Crippen molar-refractivity contribution < 1.29 is 19.4 Å². The largest absolute Gasteiger partial charge is 0.495 e. The van der Waals surface area contributed by atoms with Crippen LogP contribution in [0.1, 0.15) is 15.5 Å². The number of rotatable bonds is 5. The number of amides is 1. The van der Waals surface area contributed by atoms with Crippen molar-refractivity contribution in [3.63, 3.8) is 0 Å². The van der Waals surface area contributed by atoms with Crippen LogP contribution in [0.4, 0.5) is 5.69 Å². The summed E-state index contributed by atoms with van der Waals surface area (Å²) >= 11 is 7.09. The van der Waals surface area contributed by atoms with Gasteiger partial charge in [-0.15, -0.1) is 11.3 Å². The first kappa shape index (κ1) is 15.3. The zero-order valence-electron chi connectivity index (χ0n) is 10.9. The maximum Gasteiger partial charge on any atom is 0.355 e. The summed E-state index contributed by atoms with van der Waals surface area (Å²) in [6, 6.07) is 4.87. The lowest BCUT2D eigenvalue weighted by Crippen LogP contribution is -2.14. The normalized spacial score (nSPS) is 10.2. The van der Waals surface area contributed by atoms with E-state index < -0.39 is 5.97 Å². The molecular formula is C13H11ClN2O4S. The average Bonchev–Trinajstić information content (AvgIpc) is 2.87. The van der Waals surface area contributed by atoms with Crippen LogP contribution in [0, 0.1) is 0 Å². The fraction of sp³-hybridized carbons (Fsp3) is 0.154. The second-order valence-corrected chi connectivity index (χ2v) is 5.36. The third kappa shape index (κ3) is 3.93. The molecular weight excluding hydrogens is 316 g/mol. The van der Waals surface area contributed by atoms with Crippen LogP contribution in [-0.2, 0) is 11.2 Å². The fourth-order valence-corrected chi connectivity index (χ4v) is 2.60. The van der Waals surface area contributed by atoms with Crippen molar-refractivity contribution >= 4 is 40.5 Å². The topological polar surface area (TPSA) is 88.5 Å². The molecule has 0 saturated carbocycles. The van der Waals surface area contributed by atoms with Crippen molar-refractivity contribution in [3.8, 4) is 5.75 Å². The van der Waals surface area contributed by atoms with Gasteiger partial charge in [0.2, 0.25) is 5.91 Å². The van der Waals surface area contributed by atoms with Crippen molar-refractivity contribution in [1.29, 1.82) is 0 Å². The highest BCUT2D eigenvalue weighted by Gasteiger charge is 2.12. The van der Waals surface area contributed by atoms with Gasteiger partial charge in [-0.3, -0.25) is 4.79 Å². The molecule has 2 aromatic rings. The highest BCUT2D eigenvalue weighted by molar-refractivity contribution is 7.09. The lowest BCUT2D eigenvalue weighted by atomic mass is 10.3. The zero-order valence-corrected chi connectivity index (χ0v) is 12.5. The summed E-state index contributed by atoms with van der Waals surface area (Å²) in [6.07, 6.45) is 0.00158. The van der Waals surface area contributed by atoms with Gasteiger partial charge in [-0.1, -0.05) is 11.6 Å². The first-order valence-corrected chi connectivity index (χ1v) is 7.06. The van der Waals surface area contributed by atoms with Gasteiger partial charge in [0.15, 0.2) is 5.69 Å². The molecule has 0 fully saturated rings. The van der Waals surface area contributed by atoms with E-state index in [1.54, 1.807) is 18.2 Å². The van der Waals surface area contributed by atoms with Crippen molar-refractivity contribution in [1.82, 2.24) is 4.98 Å². The second kappa shape index (κ2) is 6.55. The molecule has 1 amide bonds. The Kier molecular flexibility index (Phi) is 4.77. The van der Waals surface area contributed by atoms with Crippen LogP contribution in [0.3, 0.4) is 0 Å². The molecule has 1 aromatic carbocycles. The number of aromatic carboxylic acids is 1. The van der Waals surface area contributed by atoms with Crippen LogP contribution in [0.2, 0.25) is 5.02 Å². The van der Waals surface area contributed by atoms with E-state index in [4.69, 9.17) is 21.4 Å². The molecule has 1 heterocycles. The number of halogens is 1. The smallest absolute Gasteiger partial charge is 0.355 e. The van der Waals surface area contributed by atoms with Gasteiger partial charge in [-0.2, -0.15) is 0 Å². The molecule has 0 aliphatic carbocycles. The Hall–Kier alpha value is -2.12. The lowest BCUT2D eigenvalue weighted by molar-refractivity contribution is -0.115. The summed E-state index contributed by atoms with van der Waals surface area (Å²) in [5.74, 6) is -0.900. The van der Waals surface area contributed by atoms with E-state index in [1.165, 1.54) is 12.5 Å². The number of anilines is 1. The molecule has 0 bridgehead atoms. The van der Waals surface area contributed by atoms with Crippen LogP contribution in [0.25, 0.3) is 0 Å². The highest BCUT2D eigenvalue weighted by atomic mass is 35.5. The molecule has 2 N–H and O–H groups in total. The van der Waals surface area contributed by atoms with Crippen molar-refractivity contribution in [2.45, 2.75) is 6.42 Å². The van der Waals surface area contributed by atoms with Gasteiger partial charge in [0.1, 0.15) is 10.8 Å². The van der Waals surface area contributed by atoms with E-state index in [0.717, 1.165) is 11.3 Å². The van der Waals surface area contributed by atoms with E-state index >= 15 is 0 Å². The minimum Gasteiger partial charge on any atom is -0.495 e. The van der Waals surface area contributed by atoms with E-state index in [9.17, 15) is 9.59 Å². The second-order valence-electron chi connectivity index (χ2n) is 4.01. The Morgan fingerprint density at radius 1 is 1.48 bits per heavy atom. The van der Waals surface area contributed by atoms with Crippen LogP contribution in [0.5, 0.6) is 5.75 Å². The quantitative estimate of drug-likeness (QED) is 0.881. The number of nitrogens with zero attached hydrogens (tertiary/aromatic N) is 1. The number of nitrogens with one attached hydrogen (secondary N) is 1. The summed E-state index contributed by atoms with van der Waals surface area (Å²) in [6.45, 7) is 0. The number of carboxylic acid groups (broad SMARTS) is 1. The number of hydrogen-bond acceptors (Lipinski definition) is 5. The number of thiazole rings is 1. The summed E-state index contributed by atoms with van der Waals surface area (Å²) in [5, 5.41) is 13.6. The lowest BCUT2D eigenvalue weighted by Gasteiger charge is -2.07. The first-order valence-electron chi connectivity index (χ1n) is 5.80. The minimum absolute atomic E-state index is 0.00158. The Labute approximate surface area is 129 Å². The van der Waals surface area contributed by atoms with E-state index in [1.807, 2.05) is 0 Å². The number of aromatic nitrogens is 1. The maximum absolute atomic E-state index is 11.9. The molecule has 0 atom stereocenters. The van der Waals surface area contributed by atoms with Crippen LogP contribution >= 0.6 is 22.9 Å². The van der Waals surface area contributed by atoms with Crippen molar-refractivity contribution in [3.05, 3.63) is 39.3 Å². The number of methoxy groups -OCH3 is 1. The predicted molar refractivity (Wildman–Crippen MR) is 79.4 cm³/mol. The third-order valence-corrected chi connectivity index (χ3v) is 3.66. The summed E-state index contributed by atoms with van der Waals surface area (Å²) in [5.41, 5.74) is 0.469. The fourth-order valence-electron chi connectivity index (χ4n) is 1.58. The van der Waals surface area contributed by atoms with Crippen LogP contribution in [0.15, 0.2) is 23.6 Å². The van der Waals surface area contributed by atoms with Gasteiger partial charge in [-0.25, -0.2) is 9.78 Å². The third-order valence-electron chi connectivity index (χ3n) is 2.52. The number of carboxylic acids is 1. The number of benzene rings is 1. The summed E-state index contributed by atoms with van der Waals surface area (Å²) in [4.78, 5) is 26.4. The SMILES string of the molecule is COc1ccc(NC(=O)Cc2nc(C(=O)O)cs2)cc1Cl. The monoisotopic (exact) mass is 326 g/mol. The predicted octanol–water partition coefficient (Wildman–Crippen LogP) is 2.68. The number of hydrogen-bond donors (Lipinski definition) is 2. The van der Waals surface area contributed by atoms with Gasteiger partial charge >= 0.3 is 5.97 Å². The molecule has 21 heavy (non-hydrogen) atoms. The van der Waals surface area contributed by atoms with Crippen molar-refractivity contribution in [2.75, 3.05) is 12.4 Å². The summed E-state index contributed by atoms with van der Waals surface area (Å²) in [7, 11) is 1.50. The van der Waals surface area contributed by atoms with Crippen LogP contribution < -0.4 is 10.1 Å². The van der Waals surface area contributed by atoms with Gasteiger partial charge < -0.3 is 15.2 Å². The number of carbonyl (C=O) groups excluding carboxylic acids is 1. The highest BCUT2D eigenvalue weighted by Crippen LogP contribution is 2.27. The molecule has 0 aliphatic heterocycles. The Bertz CT molecular complexity index is 687. The Morgan fingerprint density at radius 3 is 2.81 bits per heavy atom. The molecule has 6 nitrogen and oxygen atoms in total. The molecule has 0 radical (unpaired) electrons. The van der Waals surface area contributed by atoms with E-state index in [2.05, 4.69) is 10.3 Å². The molecule has 2 rings (SSSR count). The zero-order chi connectivity index (χ0) is 15.4. The summed E-state index contributed by atoms with van der Waals surface area (Å²) < 4.78 is 5.02. The number of carbonyl (C=O) groups is 2. The van der Waals surface area contributed by atoms with E-state index in [-0.39, 0.29) is 18.0 Å². The van der Waals surface area contributed by atoms with Gasteiger partial charge in [0.25, 0.3) is 0 Å². The van der Waals surface area contributed by atoms with E-state index in [0.29, 0.717) is 21.5 Å². The maximum atomic E-state index is 11.9. The molecule has 0 saturated heterocycles.